The van der Waals surface area contributed by atoms with Crippen molar-refractivity contribution < 1.29 is 40.6 Å². The van der Waals surface area contributed by atoms with E-state index in [2.05, 4.69) is 0 Å². The molecule has 0 radical (unpaired) electrons. The smallest absolute Gasteiger partial charge is 0.405 e. The van der Waals surface area contributed by atoms with Gasteiger partial charge in [0.15, 0.2) is 9.58 Å². The first-order chi connectivity index (χ1) is 10.7. The van der Waals surface area contributed by atoms with Gasteiger partial charge in [0.1, 0.15) is 0 Å². The Labute approximate surface area is 144 Å². The number of hydrogen-bond donors (Lipinski definition) is 0. The number of thiophene rings is 1. The average Bonchev–Trinajstić information content (AvgIpc) is 3.02. The fourth-order valence-electron chi connectivity index (χ4n) is 2.90. The van der Waals surface area contributed by atoms with E-state index in [0.29, 0.717) is 20.0 Å². The van der Waals surface area contributed by atoms with Crippen LogP contribution >= 0.6 is 22.1 Å². The highest BCUT2D eigenvalue weighted by molar-refractivity contribution is 7.38. The highest BCUT2D eigenvalue weighted by Crippen LogP contribution is 2.55. The second-order valence-corrected chi connectivity index (χ2v) is 8.37. The molecular weight excluding hydrogens is 421 g/mol. The van der Waals surface area contributed by atoms with E-state index in [1.807, 2.05) is 0 Å². The van der Waals surface area contributed by atoms with Crippen LogP contribution < -0.4 is 12.6 Å². The van der Waals surface area contributed by atoms with Crippen LogP contribution in [-0.4, -0.2) is 0 Å². The van der Waals surface area contributed by atoms with Gasteiger partial charge in [-0.05, 0) is 25.0 Å². The third-order valence-corrected chi connectivity index (χ3v) is 6.13. The molecule has 3 nitrogen and oxygen atoms in total. The van der Waals surface area contributed by atoms with Gasteiger partial charge in [-0.15, -0.1) is 13.2 Å². The first-order valence-corrected chi connectivity index (χ1v) is 10.3. The fraction of sp³-hybridized carbons (Fsp3) is 0.429. The minimum atomic E-state index is -4.20. The molecule has 9 heteroatoms. The Bertz CT molecular complexity index is 666. The molecule has 1 saturated carbocycles. The second-order valence-electron chi connectivity index (χ2n) is 5.15. The van der Waals surface area contributed by atoms with E-state index in [1.54, 1.807) is 18.2 Å². The Kier molecular flexibility index (Phi) is 6.32. The van der Waals surface area contributed by atoms with Crippen LogP contribution in [0, 0.1) is 14.8 Å². The molecule has 1 aromatic carbocycles. The van der Waals surface area contributed by atoms with Gasteiger partial charge in [0.25, 0.3) is 0 Å². The lowest BCUT2D eigenvalue weighted by Gasteiger charge is -2.05. The quantitative estimate of drug-likeness (QED) is 0.650. The molecule has 0 amide bonds. The van der Waals surface area contributed by atoms with Crippen molar-refractivity contribution in [1.29, 1.82) is 0 Å². The van der Waals surface area contributed by atoms with Gasteiger partial charge in [-0.2, -0.15) is 0 Å². The Morgan fingerprint density at radius 2 is 1.65 bits per heavy atom. The van der Waals surface area contributed by atoms with Crippen molar-refractivity contribution in [3.63, 3.8) is 0 Å². The van der Waals surface area contributed by atoms with E-state index in [0.717, 1.165) is 25.7 Å². The molecule has 1 atom stereocenters. The third kappa shape index (κ3) is 4.80. The van der Waals surface area contributed by atoms with Gasteiger partial charge in [-0.3, -0.25) is 0 Å². The van der Waals surface area contributed by atoms with Crippen LogP contribution in [0.25, 0.3) is 10.1 Å². The maximum atomic E-state index is 13.4. The predicted octanol–water partition coefficient (Wildman–Crippen LogP) is 2.81. The van der Waals surface area contributed by atoms with Crippen molar-refractivity contribution in [3.05, 3.63) is 34.2 Å². The van der Waals surface area contributed by atoms with E-state index in [1.165, 1.54) is 6.07 Å². The topological polar surface area (TPSA) is 69.2 Å². The number of hydrogen-bond acceptors (Lipinski definition) is 3. The summed E-state index contributed by atoms with van der Waals surface area (Å²) in [6, 6.07) is 6.59. The largest absolute Gasteiger partial charge is 0.600 e. The molecule has 2 aromatic rings. The van der Waals surface area contributed by atoms with Crippen LogP contribution in [0.3, 0.4) is 0 Å². The molecule has 3 rings (SSSR count). The lowest BCUT2D eigenvalue weighted by molar-refractivity contribution is -1.73. The molecule has 0 aliphatic heterocycles. The molecule has 0 saturated heterocycles. The lowest BCUT2D eigenvalue weighted by atomic mass is 10.1. The number of halogens is 5. The van der Waals surface area contributed by atoms with E-state index in [9.17, 15) is 13.2 Å². The zero-order valence-corrected chi connectivity index (χ0v) is 14.9. The van der Waals surface area contributed by atoms with Gasteiger partial charge in [0.2, 0.25) is 14.8 Å². The van der Waals surface area contributed by atoms with Crippen LogP contribution in [-0.2, 0) is 5.51 Å². The minimum absolute atomic E-state index is 0.0936. The number of alkyl halides is 3. The van der Waals surface area contributed by atoms with Gasteiger partial charge in [0.05, 0.1) is 10.5 Å². The summed E-state index contributed by atoms with van der Waals surface area (Å²) in [5, 5.41) is 1.06. The van der Waals surface area contributed by atoms with Crippen LogP contribution in [0.1, 0.15) is 36.5 Å². The number of rotatable bonds is 1. The van der Waals surface area contributed by atoms with E-state index in [-0.39, 0.29) is 5.92 Å². The first kappa shape index (κ1) is 19.0. The molecule has 0 spiro atoms. The lowest BCUT2D eigenvalue weighted by Crippen LogP contribution is -2.42. The first-order valence-electron chi connectivity index (χ1n) is 6.75. The SMILES string of the molecule is FC(F)(F)[s+]1c(C2CCCC2)cc2ccc(Cl)cc21.[O-][Br+2]([O-])[O-]. The van der Waals surface area contributed by atoms with Crippen LogP contribution in [0.15, 0.2) is 24.3 Å². The van der Waals surface area contributed by atoms with E-state index in [4.69, 9.17) is 24.2 Å². The maximum absolute atomic E-state index is 13.4. The summed E-state index contributed by atoms with van der Waals surface area (Å²) in [6.45, 7) is 0. The van der Waals surface area contributed by atoms with E-state index >= 15 is 0 Å². The van der Waals surface area contributed by atoms with Crippen molar-refractivity contribution in [2.24, 2.45) is 0 Å². The summed E-state index contributed by atoms with van der Waals surface area (Å²) < 4.78 is 66.1. The molecule has 1 fully saturated rings. The normalized spacial score (nSPS) is 16.8. The molecule has 1 aliphatic carbocycles. The second kappa shape index (κ2) is 7.67. The third-order valence-electron chi connectivity index (χ3n) is 3.72. The molecule has 1 heterocycles. The van der Waals surface area contributed by atoms with Gasteiger partial charge < -0.3 is 12.6 Å². The van der Waals surface area contributed by atoms with E-state index < -0.39 is 30.8 Å². The standard InChI is InChI=1S/C14H13ClF3S.BrO3/c15-11-6-5-10-7-12(9-3-1-2-4-9)19(13(10)8-11)14(16,17)18;2-1(3)4/h5-9H,1-4H2;/q+1;-1. The molecule has 1 unspecified atom stereocenters. The van der Waals surface area contributed by atoms with Gasteiger partial charge in [0, 0.05) is 28.5 Å². The zero-order valence-electron chi connectivity index (χ0n) is 11.7. The molecule has 23 heavy (non-hydrogen) atoms. The van der Waals surface area contributed by atoms with Crippen molar-refractivity contribution in [2.75, 3.05) is 0 Å². The number of fused-ring (bicyclic) bond motifs is 1. The van der Waals surface area contributed by atoms with Gasteiger partial charge >= 0.3 is 5.51 Å². The summed E-state index contributed by atoms with van der Waals surface area (Å²) in [7, 11) is -1.78. The van der Waals surface area contributed by atoms with Gasteiger partial charge in [-0.25, -0.2) is 0 Å². The molecule has 0 bridgehead atoms. The maximum Gasteiger partial charge on any atom is 0.600 e. The molecular formula is C14H13BrClF3O3S. The van der Waals surface area contributed by atoms with Crippen LogP contribution in [0.2, 0.25) is 5.02 Å². The highest BCUT2D eigenvalue weighted by atomic mass is 80.0. The van der Waals surface area contributed by atoms with Crippen molar-refractivity contribution >= 4 is 32.2 Å². The summed E-state index contributed by atoms with van der Waals surface area (Å²) in [5.74, 6) is 0.0936. The fourth-order valence-corrected chi connectivity index (χ4v) is 5.33. The number of benzene rings is 1. The highest BCUT2D eigenvalue weighted by Gasteiger charge is 2.49. The zero-order chi connectivity index (χ0) is 17.2. The van der Waals surface area contributed by atoms with Gasteiger partial charge in [-0.1, -0.05) is 24.4 Å². The summed E-state index contributed by atoms with van der Waals surface area (Å²) in [6.07, 6.45) is 3.84. The summed E-state index contributed by atoms with van der Waals surface area (Å²) in [4.78, 5) is 0.572. The Hall–Kier alpha value is -0.380. The molecule has 128 valence electrons. The minimum Gasteiger partial charge on any atom is -0.405 e. The predicted molar refractivity (Wildman–Crippen MR) is 73.9 cm³/mol. The van der Waals surface area contributed by atoms with Crippen LogP contribution in [0.4, 0.5) is 13.2 Å². The van der Waals surface area contributed by atoms with Crippen LogP contribution in [0.5, 0.6) is 0 Å². The van der Waals surface area contributed by atoms with Crippen molar-refractivity contribution in [1.82, 2.24) is 0 Å². The molecule has 0 N–H and O–H groups in total. The van der Waals surface area contributed by atoms with Crippen molar-refractivity contribution in [2.45, 2.75) is 37.1 Å². The Balaban J connectivity index is 0.000000433. The molecule has 1 aromatic heterocycles. The monoisotopic (exact) mass is 432 g/mol. The summed E-state index contributed by atoms with van der Waals surface area (Å²) >= 11 is 2.21. The summed E-state index contributed by atoms with van der Waals surface area (Å²) in [5.41, 5.74) is -4.20. The Morgan fingerprint density at radius 3 is 2.17 bits per heavy atom. The van der Waals surface area contributed by atoms with Crippen molar-refractivity contribution in [3.8, 4) is 0 Å². The molecule has 1 aliphatic rings. The Morgan fingerprint density at radius 1 is 1.09 bits per heavy atom. The average molecular weight is 434 g/mol.